The lowest BCUT2D eigenvalue weighted by atomic mass is 9.65. The predicted octanol–water partition coefficient (Wildman–Crippen LogP) is 1.67. The van der Waals surface area contributed by atoms with E-state index in [4.69, 9.17) is 10.5 Å². The summed E-state index contributed by atoms with van der Waals surface area (Å²) in [5.41, 5.74) is 4.95. The lowest BCUT2D eigenvalue weighted by Crippen LogP contribution is -2.60. The summed E-state index contributed by atoms with van der Waals surface area (Å²) in [5.74, 6) is -0.757. The van der Waals surface area contributed by atoms with Crippen LogP contribution in [0.4, 0.5) is 0 Å². The molecule has 3 atom stereocenters. The van der Waals surface area contributed by atoms with Gasteiger partial charge in [-0.25, -0.2) is 4.79 Å². The first-order chi connectivity index (χ1) is 8.46. The minimum atomic E-state index is -0.962. The van der Waals surface area contributed by atoms with E-state index in [1.807, 2.05) is 6.92 Å². The van der Waals surface area contributed by atoms with Gasteiger partial charge in [-0.15, -0.1) is 0 Å². The average Bonchev–Trinajstić information content (AvgIpc) is 3.13. The quantitative estimate of drug-likeness (QED) is 0.783. The first-order valence-corrected chi connectivity index (χ1v) is 7.15. The van der Waals surface area contributed by atoms with Gasteiger partial charge in [0.1, 0.15) is 0 Å². The van der Waals surface area contributed by atoms with Crippen LogP contribution in [0, 0.1) is 10.8 Å². The lowest BCUT2D eigenvalue weighted by Gasteiger charge is -2.50. The van der Waals surface area contributed by atoms with Crippen LogP contribution in [0.5, 0.6) is 0 Å². The maximum Gasteiger partial charge on any atom is 0.336 e. The maximum atomic E-state index is 11.9. The highest BCUT2D eigenvalue weighted by Gasteiger charge is 2.83. The zero-order valence-electron chi connectivity index (χ0n) is 10.9. The summed E-state index contributed by atoms with van der Waals surface area (Å²) < 4.78 is 6.22. The highest BCUT2D eigenvalue weighted by Crippen LogP contribution is 2.82. The van der Waals surface area contributed by atoms with Crippen molar-refractivity contribution in [3.05, 3.63) is 0 Å². The topological polar surface area (TPSA) is 72.5 Å². The minimum absolute atomic E-state index is 0.0522. The van der Waals surface area contributed by atoms with E-state index < -0.39 is 11.6 Å². The first-order valence-electron chi connectivity index (χ1n) is 7.15. The van der Waals surface area contributed by atoms with Crippen molar-refractivity contribution < 1.29 is 14.6 Å². The zero-order valence-corrected chi connectivity index (χ0v) is 10.9. The van der Waals surface area contributed by atoms with Crippen LogP contribution in [0.2, 0.25) is 0 Å². The Balaban J connectivity index is 1.82. The monoisotopic (exact) mass is 251 g/mol. The van der Waals surface area contributed by atoms with E-state index in [9.17, 15) is 9.90 Å². The van der Waals surface area contributed by atoms with E-state index in [2.05, 4.69) is 0 Å². The summed E-state index contributed by atoms with van der Waals surface area (Å²) in [7, 11) is 0. The van der Waals surface area contributed by atoms with Crippen molar-refractivity contribution in [3.8, 4) is 0 Å². The summed E-state index contributed by atoms with van der Waals surface area (Å²) in [6, 6.07) is 0.0522. The van der Waals surface area contributed by atoms with Gasteiger partial charge in [0.15, 0.2) is 5.60 Å². The van der Waals surface area contributed by atoms with E-state index in [1.54, 1.807) is 0 Å². The fourth-order valence-electron chi connectivity index (χ4n) is 4.96. The molecule has 1 saturated heterocycles. The molecule has 3 N–H and O–H groups in total. The van der Waals surface area contributed by atoms with Crippen LogP contribution in [0.25, 0.3) is 0 Å². The second-order valence-corrected chi connectivity index (χ2v) is 7.00. The number of nitrogens with two attached hydrogens (primary N) is 1. The molecule has 18 heavy (non-hydrogen) atoms. The van der Waals surface area contributed by atoms with E-state index in [0.29, 0.717) is 6.42 Å². The number of carboxylic acids is 1. The number of aliphatic carboxylic acids is 1. The SMILES string of the molecule is CCC1(C(=O)O)OC2(CC2N)CC2(CC2)C12CC2. The number of ether oxygens (including phenoxy) is 1. The molecule has 1 heterocycles. The van der Waals surface area contributed by atoms with Crippen LogP contribution in [0.3, 0.4) is 0 Å². The smallest absolute Gasteiger partial charge is 0.336 e. The molecule has 3 unspecified atom stereocenters. The van der Waals surface area contributed by atoms with Gasteiger partial charge >= 0.3 is 5.97 Å². The molecule has 0 aromatic rings. The fourth-order valence-corrected chi connectivity index (χ4v) is 4.96. The number of rotatable bonds is 2. The van der Waals surface area contributed by atoms with Gasteiger partial charge in [-0.3, -0.25) is 0 Å². The Morgan fingerprint density at radius 3 is 2.33 bits per heavy atom. The molecule has 0 amide bonds. The number of hydrogen-bond acceptors (Lipinski definition) is 3. The molecular formula is C14H21NO3. The molecule has 4 nitrogen and oxygen atoms in total. The molecule has 0 radical (unpaired) electrons. The summed E-state index contributed by atoms with van der Waals surface area (Å²) >= 11 is 0. The average molecular weight is 251 g/mol. The van der Waals surface area contributed by atoms with Crippen molar-refractivity contribution in [1.82, 2.24) is 0 Å². The van der Waals surface area contributed by atoms with Crippen molar-refractivity contribution in [2.24, 2.45) is 16.6 Å². The number of fused-ring (bicyclic) bond motifs is 1. The van der Waals surface area contributed by atoms with Crippen LogP contribution >= 0.6 is 0 Å². The summed E-state index contributed by atoms with van der Waals surface area (Å²) in [6.45, 7) is 1.96. The Kier molecular flexibility index (Phi) is 1.73. The Bertz CT molecular complexity index is 440. The fraction of sp³-hybridized carbons (Fsp3) is 0.929. The van der Waals surface area contributed by atoms with Gasteiger partial charge < -0.3 is 15.6 Å². The van der Waals surface area contributed by atoms with E-state index >= 15 is 0 Å². The van der Waals surface area contributed by atoms with Gasteiger partial charge in [0, 0.05) is 11.5 Å². The molecule has 3 spiro atoms. The highest BCUT2D eigenvalue weighted by molar-refractivity contribution is 5.80. The van der Waals surface area contributed by atoms with Gasteiger partial charge in [-0.2, -0.15) is 0 Å². The maximum absolute atomic E-state index is 11.9. The van der Waals surface area contributed by atoms with E-state index in [-0.39, 0.29) is 22.5 Å². The molecule has 0 aromatic carbocycles. The van der Waals surface area contributed by atoms with Gasteiger partial charge in [0.25, 0.3) is 0 Å². The zero-order chi connectivity index (χ0) is 12.8. The Hall–Kier alpha value is -0.610. The molecule has 0 aromatic heterocycles. The summed E-state index contributed by atoms with van der Waals surface area (Å²) in [4.78, 5) is 11.9. The molecule has 4 heteroatoms. The van der Waals surface area contributed by atoms with Crippen molar-refractivity contribution in [2.75, 3.05) is 0 Å². The normalized spacial score (nSPS) is 49.6. The minimum Gasteiger partial charge on any atom is -0.479 e. The molecule has 3 aliphatic carbocycles. The Labute approximate surface area is 107 Å². The molecule has 0 bridgehead atoms. The van der Waals surface area contributed by atoms with Crippen molar-refractivity contribution in [1.29, 1.82) is 0 Å². The number of carboxylic acid groups (broad SMARTS) is 1. The Morgan fingerprint density at radius 1 is 1.39 bits per heavy atom. The molecular weight excluding hydrogens is 230 g/mol. The molecule has 4 rings (SSSR count). The summed E-state index contributed by atoms with van der Waals surface area (Å²) in [5, 5.41) is 9.80. The molecule has 1 aliphatic heterocycles. The third kappa shape index (κ3) is 0.968. The van der Waals surface area contributed by atoms with Crippen LogP contribution in [0.1, 0.15) is 51.9 Å². The first kappa shape index (κ1) is 11.2. The molecule has 4 fully saturated rings. The van der Waals surface area contributed by atoms with Crippen LogP contribution in [-0.2, 0) is 9.53 Å². The van der Waals surface area contributed by atoms with Gasteiger partial charge in [0.05, 0.1) is 5.60 Å². The number of hydrogen-bond donors (Lipinski definition) is 2. The van der Waals surface area contributed by atoms with Gasteiger partial charge in [0.2, 0.25) is 0 Å². The standard InChI is InChI=1S/C14H21NO3/c1-2-14(10(16)17)13(5-6-13)11(3-4-11)8-12(18-14)7-9(12)15/h9H,2-8,15H2,1H3,(H,16,17). The molecule has 4 aliphatic rings. The van der Waals surface area contributed by atoms with Crippen molar-refractivity contribution in [3.63, 3.8) is 0 Å². The van der Waals surface area contributed by atoms with E-state index in [1.165, 1.54) is 12.8 Å². The van der Waals surface area contributed by atoms with E-state index in [0.717, 1.165) is 25.7 Å². The van der Waals surface area contributed by atoms with Crippen LogP contribution in [-0.4, -0.2) is 28.3 Å². The summed E-state index contributed by atoms with van der Waals surface area (Å²) in [6.07, 6.45) is 6.84. The molecule has 100 valence electrons. The molecule has 3 saturated carbocycles. The third-order valence-corrected chi connectivity index (χ3v) is 6.33. The van der Waals surface area contributed by atoms with Crippen LogP contribution < -0.4 is 5.73 Å². The van der Waals surface area contributed by atoms with Crippen LogP contribution in [0.15, 0.2) is 0 Å². The lowest BCUT2D eigenvalue weighted by molar-refractivity contribution is -0.231. The Morgan fingerprint density at radius 2 is 2.00 bits per heavy atom. The third-order valence-electron chi connectivity index (χ3n) is 6.33. The second kappa shape index (κ2) is 2.78. The second-order valence-electron chi connectivity index (χ2n) is 7.00. The number of carbonyl (C=O) groups is 1. The van der Waals surface area contributed by atoms with Crippen molar-refractivity contribution >= 4 is 5.97 Å². The predicted molar refractivity (Wildman–Crippen MR) is 65.0 cm³/mol. The highest BCUT2D eigenvalue weighted by atomic mass is 16.6. The van der Waals surface area contributed by atoms with Crippen molar-refractivity contribution in [2.45, 2.75) is 69.1 Å². The largest absolute Gasteiger partial charge is 0.479 e. The van der Waals surface area contributed by atoms with Gasteiger partial charge in [-0.05, 0) is 50.4 Å². The van der Waals surface area contributed by atoms with Gasteiger partial charge in [-0.1, -0.05) is 6.92 Å².